The van der Waals surface area contributed by atoms with Crippen molar-refractivity contribution in [2.75, 3.05) is 19.3 Å². The molecule has 1 amide bonds. The van der Waals surface area contributed by atoms with Crippen molar-refractivity contribution in [3.8, 4) is 0 Å². The van der Waals surface area contributed by atoms with Gasteiger partial charge in [0.05, 0.1) is 0 Å². The SMILES string of the molecule is CC1CC(NC(=O)c2nc(N)n[nH]2)CCN1C. The molecule has 0 aromatic carbocycles. The van der Waals surface area contributed by atoms with Gasteiger partial charge in [-0.1, -0.05) is 0 Å². The molecule has 0 bridgehead atoms. The summed E-state index contributed by atoms with van der Waals surface area (Å²) in [6, 6.07) is 0.675. The molecule has 7 heteroatoms. The molecule has 4 N–H and O–H groups in total. The summed E-state index contributed by atoms with van der Waals surface area (Å²) in [4.78, 5) is 17.9. The van der Waals surface area contributed by atoms with Crippen LogP contribution in [-0.4, -0.2) is 51.7 Å². The van der Waals surface area contributed by atoms with Crippen LogP contribution in [0.1, 0.15) is 30.4 Å². The van der Waals surface area contributed by atoms with Crippen molar-refractivity contribution in [1.82, 2.24) is 25.4 Å². The lowest BCUT2D eigenvalue weighted by Gasteiger charge is -2.35. The normalized spacial score (nSPS) is 25.8. The van der Waals surface area contributed by atoms with E-state index in [1.165, 1.54) is 0 Å². The van der Waals surface area contributed by atoms with Gasteiger partial charge in [-0.05, 0) is 26.8 Å². The molecule has 17 heavy (non-hydrogen) atoms. The van der Waals surface area contributed by atoms with E-state index in [0.29, 0.717) is 6.04 Å². The van der Waals surface area contributed by atoms with Crippen molar-refractivity contribution in [3.63, 3.8) is 0 Å². The highest BCUT2D eigenvalue weighted by molar-refractivity contribution is 5.90. The highest BCUT2D eigenvalue weighted by Gasteiger charge is 2.25. The molecule has 0 saturated carbocycles. The summed E-state index contributed by atoms with van der Waals surface area (Å²) in [5.41, 5.74) is 5.35. The van der Waals surface area contributed by atoms with Gasteiger partial charge in [0.2, 0.25) is 11.8 Å². The molecule has 94 valence electrons. The third kappa shape index (κ3) is 2.73. The van der Waals surface area contributed by atoms with E-state index in [2.05, 4.69) is 39.4 Å². The molecule has 1 aliphatic heterocycles. The molecule has 2 unspecified atom stereocenters. The Morgan fingerprint density at radius 2 is 2.41 bits per heavy atom. The summed E-state index contributed by atoms with van der Waals surface area (Å²) < 4.78 is 0. The van der Waals surface area contributed by atoms with Crippen molar-refractivity contribution < 1.29 is 4.79 Å². The smallest absolute Gasteiger partial charge is 0.288 e. The van der Waals surface area contributed by atoms with Crippen molar-refractivity contribution >= 4 is 11.9 Å². The summed E-state index contributed by atoms with van der Waals surface area (Å²) >= 11 is 0. The van der Waals surface area contributed by atoms with E-state index in [1.54, 1.807) is 0 Å². The standard InChI is InChI=1S/C10H18N6O/c1-6-5-7(3-4-16(6)2)12-9(17)8-13-10(11)15-14-8/h6-7H,3-5H2,1-2H3,(H,12,17)(H3,11,13,14,15). The number of likely N-dealkylation sites (tertiary alicyclic amines) is 1. The number of hydrogen-bond acceptors (Lipinski definition) is 5. The first-order valence-electron chi connectivity index (χ1n) is 5.75. The van der Waals surface area contributed by atoms with Crippen LogP contribution in [0.2, 0.25) is 0 Å². The van der Waals surface area contributed by atoms with E-state index in [9.17, 15) is 4.79 Å². The van der Waals surface area contributed by atoms with Crippen LogP contribution in [0, 0.1) is 0 Å². The fourth-order valence-electron chi connectivity index (χ4n) is 2.05. The highest BCUT2D eigenvalue weighted by Crippen LogP contribution is 2.15. The summed E-state index contributed by atoms with van der Waals surface area (Å²) in [5, 5.41) is 9.08. The molecule has 0 spiro atoms. The van der Waals surface area contributed by atoms with E-state index in [4.69, 9.17) is 5.73 Å². The Bertz CT molecular complexity index is 403. The lowest BCUT2D eigenvalue weighted by atomic mass is 9.99. The largest absolute Gasteiger partial charge is 0.366 e. The van der Waals surface area contributed by atoms with E-state index in [0.717, 1.165) is 19.4 Å². The van der Waals surface area contributed by atoms with Gasteiger partial charge in [0.25, 0.3) is 5.91 Å². The molecule has 2 rings (SSSR count). The van der Waals surface area contributed by atoms with Crippen molar-refractivity contribution in [3.05, 3.63) is 5.82 Å². The summed E-state index contributed by atoms with van der Waals surface area (Å²) in [7, 11) is 2.10. The predicted molar refractivity (Wildman–Crippen MR) is 63.4 cm³/mol. The van der Waals surface area contributed by atoms with Gasteiger partial charge in [0.15, 0.2) is 0 Å². The van der Waals surface area contributed by atoms with Crippen LogP contribution in [0.4, 0.5) is 5.95 Å². The van der Waals surface area contributed by atoms with Crippen LogP contribution in [0.15, 0.2) is 0 Å². The zero-order valence-electron chi connectivity index (χ0n) is 10.1. The van der Waals surface area contributed by atoms with Crippen LogP contribution in [0.3, 0.4) is 0 Å². The zero-order valence-corrected chi connectivity index (χ0v) is 10.1. The zero-order chi connectivity index (χ0) is 12.4. The number of amides is 1. The number of carbonyl (C=O) groups excluding carboxylic acids is 1. The van der Waals surface area contributed by atoms with Gasteiger partial charge < -0.3 is 16.0 Å². The van der Waals surface area contributed by atoms with Crippen molar-refractivity contribution in [1.29, 1.82) is 0 Å². The number of anilines is 1. The van der Waals surface area contributed by atoms with Gasteiger partial charge in [-0.25, -0.2) is 0 Å². The van der Waals surface area contributed by atoms with Crippen LogP contribution in [-0.2, 0) is 0 Å². The Hall–Kier alpha value is -1.63. The van der Waals surface area contributed by atoms with E-state index in [1.807, 2.05) is 0 Å². The molecule has 0 radical (unpaired) electrons. The number of aromatic nitrogens is 3. The molecule has 1 aromatic heterocycles. The minimum atomic E-state index is -0.240. The molecule has 7 nitrogen and oxygen atoms in total. The quantitative estimate of drug-likeness (QED) is 0.651. The topological polar surface area (TPSA) is 99.9 Å². The van der Waals surface area contributed by atoms with Crippen LogP contribution in [0.5, 0.6) is 0 Å². The number of rotatable bonds is 2. The molecule has 1 aromatic rings. The molecule has 2 heterocycles. The Labute approximate surface area is 99.8 Å². The Morgan fingerprint density at radius 1 is 1.65 bits per heavy atom. The van der Waals surface area contributed by atoms with E-state index >= 15 is 0 Å². The van der Waals surface area contributed by atoms with Gasteiger partial charge in [-0.3, -0.25) is 9.89 Å². The van der Waals surface area contributed by atoms with Gasteiger partial charge >= 0.3 is 0 Å². The summed E-state index contributed by atoms with van der Waals surface area (Å²) in [6.45, 7) is 3.15. The molecule has 2 atom stereocenters. The molecular formula is C10H18N6O. The Balaban J connectivity index is 1.91. The van der Waals surface area contributed by atoms with E-state index in [-0.39, 0.29) is 23.7 Å². The van der Waals surface area contributed by atoms with Crippen LogP contribution >= 0.6 is 0 Å². The first-order chi connectivity index (χ1) is 8.06. The number of nitrogens with one attached hydrogen (secondary N) is 2. The number of piperidine rings is 1. The molecule has 1 saturated heterocycles. The summed E-state index contributed by atoms with van der Waals surface area (Å²) in [6.07, 6.45) is 1.90. The minimum Gasteiger partial charge on any atom is -0.366 e. The molecule has 0 aliphatic carbocycles. The van der Waals surface area contributed by atoms with Gasteiger partial charge in [0.1, 0.15) is 0 Å². The lowest BCUT2D eigenvalue weighted by molar-refractivity contribution is 0.0886. The maximum Gasteiger partial charge on any atom is 0.288 e. The van der Waals surface area contributed by atoms with Gasteiger partial charge in [0, 0.05) is 18.6 Å². The molecule has 1 fully saturated rings. The van der Waals surface area contributed by atoms with Gasteiger partial charge in [-0.15, -0.1) is 5.10 Å². The van der Waals surface area contributed by atoms with Crippen LogP contribution in [0.25, 0.3) is 0 Å². The number of carbonyl (C=O) groups is 1. The maximum atomic E-state index is 11.8. The number of nitrogens with zero attached hydrogens (tertiary/aromatic N) is 3. The number of H-pyrrole nitrogens is 1. The second-order valence-corrected chi connectivity index (χ2v) is 4.57. The Morgan fingerprint density at radius 3 is 3.00 bits per heavy atom. The average molecular weight is 238 g/mol. The van der Waals surface area contributed by atoms with Crippen molar-refractivity contribution in [2.24, 2.45) is 0 Å². The Kier molecular flexibility index (Phi) is 3.28. The maximum absolute atomic E-state index is 11.8. The molecule has 1 aliphatic rings. The number of nitrogen functional groups attached to an aromatic ring is 1. The number of nitrogens with two attached hydrogens (primary N) is 1. The third-order valence-corrected chi connectivity index (χ3v) is 3.26. The van der Waals surface area contributed by atoms with Gasteiger partial charge in [-0.2, -0.15) is 4.98 Å². The van der Waals surface area contributed by atoms with E-state index < -0.39 is 0 Å². The minimum absolute atomic E-state index is 0.0897. The predicted octanol–water partition coefficient (Wildman–Crippen LogP) is -0.401. The van der Waals surface area contributed by atoms with Crippen LogP contribution < -0.4 is 11.1 Å². The lowest BCUT2D eigenvalue weighted by Crippen LogP contribution is -2.47. The highest BCUT2D eigenvalue weighted by atomic mass is 16.2. The number of hydrogen-bond donors (Lipinski definition) is 3. The number of aromatic amines is 1. The first kappa shape index (κ1) is 11.8. The average Bonchev–Trinajstić information content (AvgIpc) is 2.70. The molecular weight excluding hydrogens is 220 g/mol. The summed E-state index contributed by atoms with van der Waals surface area (Å²) in [5.74, 6) is 0.0249. The van der Waals surface area contributed by atoms with Crippen molar-refractivity contribution in [2.45, 2.75) is 31.8 Å². The third-order valence-electron chi connectivity index (χ3n) is 3.26. The second kappa shape index (κ2) is 4.70. The fraction of sp³-hybridized carbons (Fsp3) is 0.700. The first-order valence-corrected chi connectivity index (χ1v) is 5.75. The monoisotopic (exact) mass is 238 g/mol. The second-order valence-electron chi connectivity index (χ2n) is 4.57. The fourth-order valence-corrected chi connectivity index (χ4v) is 2.05.